The van der Waals surface area contributed by atoms with Crippen LogP contribution in [0.1, 0.15) is 58.3 Å². The standard InChI is InChI=1S/C17H27NO/c1-2-3-4-5-6-7-8-9-10-11-12-13-17(19)18-16-14-15-16/h3-4,6-7,9-10,16H,2,5,8,11-15H2,1H3,(H,18,19). The molecule has 1 aliphatic rings. The van der Waals surface area contributed by atoms with E-state index in [0.717, 1.165) is 32.1 Å². The summed E-state index contributed by atoms with van der Waals surface area (Å²) in [6.07, 6.45) is 21.2. The number of allylic oxidation sites excluding steroid dienone is 6. The SMILES string of the molecule is CCC=CCC=CCC=CCCCC(=O)NC1CC1. The summed E-state index contributed by atoms with van der Waals surface area (Å²) in [6, 6.07) is 0.495. The van der Waals surface area contributed by atoms with Gasteiger partial charge in [-0.2, -0.15) is 0 Å². The molecule has 0 radical (unpaired) electrons. The summed E-state index contributed by atoms with van der Waals surface area (Å²) in [5, 5.41) is 3.01. The second kappa shape index (κ2) is 10.6. The van der Waals surface area contributed by atoms with Gasteiger partial charge < -0.3 is 5.32 Å². The minimum Gasteiger partial charge on any atom is -0.353 e. The van der Waals surface area contributed by atoms with Crippen molar-refractivity contribution < 1.29 is 4.79 Å². The molecule has 0 heterocycles. The molecule has 0 aromatic rings. The molecule has 0 bridgehead atoms. The minimum atomic E-state index is 0.221. The quantitative estimate of drug-likeness (QED) is 0.461. The Morgan fingerprint density at radius 1 is 1.05 bits per heavy atom. The van der Waals surface area contributed by atoms with Crippen molar-refractivity contribution in [3.05, 3.63) is 36.5 Å². The van der Waals surface area contributed by atoms with E-state index in [1.54, 1.807) is 0 Å². The molecule has 1 fully saturated rings. The fourth-order valence-electron chi connectivity index (χ4n) is 1.73. The Morgan fingerprint density at radius 3 is 2.32 bits per heavy atom. The highest BCUT2D eigenvalue weighted by Crippen LogP contribution is 2.18. The molecule has 2 heteroatoms. The van der Waals surface area contributed by atoms with Gasteiger partial charge in [-0.25, -0.2) is 0 Å². The molecule has 1 rings (SSSR count). The van der Waals surface area contributed by atoms with Crippen LogP contribution in [0.4, 0.5) is 0 Å². The van der Waals surface area contributed by atoms with Gasteiger partial charge in [0.2, 0.25) is 5.91 Å². The van der Waals surface area contributed by atoms with E-state index in [4.69, 9.17) is 0 Å². The highest BCUT2D eigenvalue weighted by atomic mass is 16.1. The molecule has 0 aromatic heterocycles. The molecular weight excluding hydrogens is 234 g/mol. The lowest BCUT2D eigenvalue weighted by Gasteiger charge is -2.00. The van der Waals surface area contributed by atoms with Crippen molar-refractivity contribution in [3.63, 3.8) is 0 Å². The molecule has 0 unspecified atom stereocenters. The summed E-state index contributed by atoms with van der Waals surface area (Å²) in [7, 11) is 0. The topological polar surface area (TPSA) is 29.1 Å². The van der Waals surface area contributed by atoms with E-state index in [9.17, 15) is 4.79 Å². The van der Waals surface area contributed by atoms with E-state index < -0.39 is 0 Å². The molecule has 0 aliphatic heterocycles. The van der Waals surface area contributed by atoms with Crippen LogP contribution in [-0.4, -0.2) is 11.9 Å². The number of carbonyl (C=O) groups is 1. The van der Waals surface area contributed by atoms with Crippen LogP contribution in [0.2, 0.25) is 0 Å². The van der Waals surface area contributed by atoms with Crippen molar-refractivity contribution >= 4 is 5.91 Å². The first-order valence-electron chi connectivity index (χ1n) is 7.57. The molecule has 0 saturated heterocycles. The average molecular weight is 261 g/mol. The second-order valence-corrected chi connectivity index (χ2v) is 5.03. The first-order chi connectivity index (χ1) is 9.33. The number of hydrogen-bond donors (Lipinski definition) is 1. The fraction of sp³-hybridized carbons (Fsp3) is 0.588. The molecule has 1 amide bonds. The van der Waals surface area contributed by atoms with Crippen molar-refractivity contribution in [3.8, 4) is 0 Å². The molecule has 2 nitrogen and oxygen atoms in total. The maximum atomic E-state index is 11.4. The van der Waals surface area contributed by atoms with Gasteiger partial charge in [-0.1, -0.05) is 43.4 Å². The number of rotatable bonds is 10. The number of carbonyl (C=O) groups excluding carboxylic acids is 1. The highest BCUT2D eigenvalue weighted by molar-refractivity contribution is 5.76. The van der Waals surface area contributed by atoms with Crippen LogP contribution in [0.3, 0.4) is 0 Å². The Bertz CT molecular complexity index is 324. The maximum absolute atomic E-state index is 11.4. The van der Waals surface area contributed by atoms with E-state index >= 15 is 0 Å². The molecular formula is C17H27NO. The molecule has 19 heavy (non-hydrogen) atoms. The van der Waals surface area contributed by atoms with Crippen LogP contribution < -0.4 is 5.32 Å². The van der Waals surface area contributed by atoms with E-state index in [-0.39, 0.29) is 5.91 Å². The Morgan fingerprint density at radius 2 is 1.68 bits per heavy atom. The molecule has 0 spiro atoms. The van der Waals surface area contributed by atoms with Gasteiger partial charge in [-0.3, -0.25) is 4.79 Å². The average Bonchev–Trinajstić information content (AvgIpc) is 3.20. The van der Waals surface area contributed by atoms with Crippen LogP contribution in [0, 0.1) is 0 Å². The van der Waals surface area contributed by atoms with Crippen LogP contribution in [0.5, 0.6) is 0 Å². The van der Waals surface area contributed by atoms with Crippen LogP contribution in [-0.2, 0) is 4.79 Å². The molecule has 1 saturated carbocycles. The largest absolute Gasteiger partial charge is 0.353 e. The Hall–Kier alpha value is -1.31. The summed E-state index contributed by atoms with van der Waals surface area (Å²) in [5.74, 6) is 0.221. The summed E-state index contributed by atoms with van der Waals surface area (Å²) < 4.78 is 0. The summed E-state index contributed by atoms with van der Waals surface area (Å²) in [6.45, 7) is 2.15. The van der Waals surface area contributed by atoms with Gasteiger partial charge in [-0.05, 0) is 44.9 Å². The van der Waals surface area contributed by atoms with Gasteiger partial charge in [0.25, 0.3) is 0 Å². The van der Waals surface area contributed by atoms with Gasteiger partial charge in [0.15, 0.2) is 0 Å². The zero-order valence-corrected chi connectivity index (χ0v) is 12.1. The monoisotopic (exact) mass is 261 g/mol. The van der Waals surface area contributed by atoms with E-state index in [0.29, 0.717) is 12.5 Å². The van der Waals surface area contributed by atoms with Crippen molar-refractivity contribution in [1.29, 1.82) is 0 Å². The summed E-state index contributed by atoms with van der Waals surface area (Å²) in [4.78, 5) is 11.4. The molecule has 0 atom stereocenters. The van der Waals surface area contributed by atoms with E-state index in [1.807, 2.05) is 0 Å². The first kappa shape index (κ1) is 15.7. The third-order valence-corrected chi connectivity index (χ3v) is 3.00. The van der Waals surface area contributed by atoms with Gasteiger partial charge in [0, 0.05) is 12.5 Å². The normalized spacial score (nSPS) is 15.8. The number of nitrogens with one attached hydrogen (secondary N) is 1. The number of amides is 1. The van der Waals surface area contributed by atoms with Crippen LogP contribution >= 0.6 is 0 Å². The first-order valence-corrected chi connectivity index (χ1v) is 7.57. The van der Waals surface area contributed by atoms with Crippen molar-refractivity contribution in [2.75, 3.05) is 0 Å². The lowest BCUT2D eigenvalue weighted by atomic mass is 10.2. The van der Waals surface area contributed by atoms with Gasteiger partial charge in [0.1, 0.15) is 0 Å². The molecule has 106 valence electrons. The van der Waals surface area contributed by atoms with Gasteiger partial charge in [0.05, 0.1) is 0 Å². The predicted molar refractivity (Wildman–Crippen MR) is 82.0 cm³/mol. The van der Waals surface area contributed by atoms with Crippen molar-refractivity contribution in [1.82, 2.24) is 5.32 Å². The third-order valence-electron chi connectivity index (χ3n) is 3.00. The third kappa shape index (κ3) is 10.3. The highest BCUT2D eigenvalue weighted by Gasteiger charge is 2.22. The van der Waals surface area contributed by atoms with E-state index in [1.165, 1.54) is 12.8 Å². The molecule has 0 aromatic carbocycles. The molecule has 1 aliphatic carbocycles. The van der Waals surface area contributed by atoms with Gasteiger partial charge in [-0.15, -0.1) is 0 Å². The second-order valence-electron chi connectivity index (χ2n) is 5.03. The van der Waals surface area contributed by atoms with Crippen molar-refractivity contribution in [2.24, 2.45) is 0 Å². The van der Waals surface area contributed by atoms with Crippen molar-refractivity contribution in [2.45, 2.75) is 64.3 Å². The fourth-order valence-corrected chi connectivity index (χ4v) is 1.73. The van der Waals surface area contributed by atoms with Crippen LogP contribution in [0.15, 0.2) is 36.5 Å². The lowest BCUT2D eigenvalue weighted by molar-refractivity contribution is -0.121. The van der Waals surface area contributed by atoms with Gasteiger partial charge >= 0.3 is 0 Å². The Balaban J connectivity index is 1.89. The number of unbranched alkanes of at least 4 members (excludes halogenated alkanes) is 1. The van der Waals surface area contributed by atoms with Crippen LogP contribution in [0.25, 0.3) is 0 Å². The summed E-state index contributed by atoms with van der Waals surface area (Å²) in [5.41, 5.74) is 0. The zero-order chi connectivity index (χ0) is 13.8. The summed E-state index contributed by atoms with van der Waals surface area (Å²) >= 11 is 0. The predicted octanol–water partition coefficient (Wildman–Crippen LogP) is 4.29. The maximum Gasteiger partial charge on any atom is 0.220 e. The Kier molecular flexibility index (Phi) is 8.78. The Labute approximate surface area is 117 Å². The number of hydrogen-bond acceptors (Lipinski definition) is 1. The molecule has 1 N–H and O–H groups in total. The zero-order valence-electron chi connectivity index (χ0n) is 12.1. The lowest BCUT2D eigenvalue weighted by Crippen LogP contribution is -2.24. The smallest absolute Gasteiger partial charge is 0.220 e. The minimum absolute atomic E-state index is 0.221. The van der Waals surface area contributed by atoms with E-state index in [2.05, 4.69) is 48.7 Å².